The predicted molar refractivity (Wildman–Crippen MR) is 98.6 cm³/mol. The summed E-state index contributed by atoms with van der Waals surface area (Å²) < 4.78 is 5.62. The Morgan fingerprint density at radius 1 is 1.12 bits per heavy atom. The van der Waals surface area contributed by atoms with Gasteiger partial charge in [0.1, 0.15) is 12.1 Å². The lowest BCUT2D eigenvalue weighted by molar-refractivity contribution is 0.0543. The summed E-state index contributed by atoms with van der Waals surface area (Å²) in [6.45, 7) is 2.48. The van der Waals surface area contributed by atoms with Crippen LogP contribution in [0.3, 0.4) is 0 Å². The van der Waals surface area contributed by atoms with Crippen LogP contribution in [0.25, 0.3) is 0 Å². The normalized spacial score (nSPS) is 25.2. The van der Waals surface area contributed by atoms with Crippen molar-refractivity contribution < 1.29 is 4.74 Å². The molecule has 1 saturated heterocycles. The summed E-state index contributed by atoms with van der Waals surface area (Å²) in [7, 11) is 0. The van der Waals surface area contributed by atoms with Crippen LogP contribution in [-0.2, 0) is 10.2 Å². The van der Waals surface area contributed by atoms with E-state index in [1.165, 1.54) is 5.56 Å². The second-order valence-electron chi connectivity index (χ2n) is 7.37. The summed E-state index contributed by atoms with van der Waals surface area (Å²) in [4.78, 5) is 8.86. The van der Waals surface area contributed by atoms with Crippen LogP contribution in [0, 0.1) is 0 Å². The number of hydrogen-bond acceptors (Lipinski definition) is 5. The van der Waals surface area contributed by atoms with Gasteiger partial charge >= 0.3 is 0 Å². The van der Waals surface area contributed by atoms with E-state index < -0.39 is 0 Å². The van der Waals surface area contributed by atoms with Gasteiger partial charge in [-0.2, -0.15) is 0 Å². The third kappa shape index (κ3) is 3.53. The molecule has 0 atom stereocenters. The van der Waals surface area contributed by atoms with E-state index in [1.54, 1.807) is 6.33 Å². The fourth-order valence-electron chi connectivity index (χ4n) is 3.98. The van der Waals surface area contributed by atoms with E-state index in [-0.39, 0.29) is 5.41 Å². The van der Waals surface area contributed by atoms with E-state index in [0.717, 1.165) is 57.0 Å². The van der Waals surface area contributed by atoms with Crippen molar-refractivity contribution >= 4 is 5.82 Å². The van der Waals surface area contributed by atoms with Gasteiger partial charge in [-0.15, -0.1) is 0 Å². The zero-order valence-corrected chi connectivity index (χ0v) is 14.5. The molecule has 0 amide bonds. The molecule has 5 heteroatoms. The van der Waals surface area contributed by atoms with Gasteiger partial charge in [-0.25, -0.2) is 9.97 Å². The first-order valence-electron chi connectivity index (χ1n) is 9.20. The van der Waals surface area contributed by atoms with Crippen LogP contribution in [0.4, 0.5) is 5.82 Å². The summed E-state index contributed by atoms with van der Waals surface area (Å²) in [6, 6.07) is 13.2. The van der Waals surface area contributed by atoms with Gasteiger partial charge in [0, 0.05) is 48.9 Å². The van der Waals surface area contributed by atoms with Gasteiger partial charge in [0.2, 0.25) is 0 Å². The second-order valence-corrected chi connectivity index (χ2v) is 7.37. The summed E-state index contributed by atoms with van der Waals surface area (Å²) in [6.07, 6.45) is 5.78. The highest BCUT2D eigenvalue weighted by atomic mass is 16.5. The minimum absolute atomic E-state index is 0.101. The van der Waals surface area contributed by atoms with Gasteiger partial charge in [-0.1, -0.05) is 30.3 Å². The zero-order chi connectivity index (χ0) is 17.1. The number of hydrogen-bond donors (Lipinski definition) is 2. The average Bonchev–Trinajstić information content (AvgIpc) is 2.66. The highest BCUT2D eigenvalue weighted by molar-refractivity contribution is 5.39. The highest BCUT2D eigenvalue weighted by Gasteiger charge is 2.34. The summed E-state index contributed by atoms with van der Waals surface area (Å²) >= 11 is 0. The van der Waals surface area contributed by atoms with Gasteiger partial charge in [0.05, 0.1) is 0 Å². The monoisotopic (exact) mass is 338 g/mol. The number of rotatable bonds is 5. The first-order chi connectivity index (χ1) is 12.3. The van der Waals surface area contributed by atoms with Crippen molar-refractivity contribution in [1.82, 2.24) is 9.97 Å². The van der Waals surface area contributed by atoms with Crippen LogP contribution < -0.4 is 11.1 Å². The van der Waals surface area contributed by atoms with Crippen LogP contribution in [0.5, 0.6) is 0 Å². The molecule has 1 aliphatic carbocycles. The summed E-state index contributed by atoms with van der Waals surface area (Å²) in [5.74, 6) is 1.40. The van der Waals surface area contributed by atoms with Crippen LogP contribution in [0.2, 0.25) is 0 Å². The minimum atomic E-state index is 0.101. The Labute approximate surface area is 149 Å². The Kier molecular flexibility index (Phi) is 4.68. The number of nitrogens with one attached hydrogen (secondary N) is 1. The van der Waals surface area contributed by atoms with E-state index in [9.17, 15) is 0 Å². The molecule has 3 N–H and O–H groups in total. The van der Waals surface area contributed by atoms with Gasteiger partial charge < -0.3 is 15.8 Å². The molecule has 1 aromatic heterocycles. The molecule has 0 unspecified atom stereocenters. The maximum Gasteiger partial charge on any atom is 0.129 e. The Morgan fingerprint density at radius 3 is 2.60 bits per heavy atom. The van der Waals surface area contributed by atoms with E-state index in [0.29, 0.717) is 12.0 Å². The molecule has 1 saturated carbocycles. The zero-order valence-electron chi connectivity index (χ0n) is 14.5. The van der Waals surface area contributed by atoms with Gasteiger partial charge in [-0.05, 0) is 31.2 Å². The standard InChI is InChI=1S/C20H26N4O/c21-17-10-15(11-17)18-12-19(24-14-23-18)22-13-20(6-8-25-9-7-20)16-4-2-1-3-5-16/h1-5,12,14-15,17H,6-11,13,21H2,(H,22,23,24). The number of aromatic nitrogens is 2. The number of nitrogens with two attached hydrogens (primary N) is 1. The van der Waals surface area contributed by atoms with Crippen molar-refractivity contribution in [1.29, 1.82) is 0 Å². The van der Waals surface area contributed by atoms with Crippen LogP contribution in [0.1, 0.15) is 42.9 Å². The number of benzene rings is 1. The number of ether oxygens (including phenoxy) is 1. The third-order valence-electron chi connectivity index (χ3n) is 5.73. The number of nitrogens with zero attached hydrogens (tertiary/aromatic N) is 2. The first kappa shape index (κ1) is 16.5. The second kappa shape index (κ2) is 7.10. The van der Waals surface area contributed by atoms with E-state index in [4.69, 9.17) is 10.5 Å². The molecule has 1 aliphatic heterocycles. The van der Waals surface area contributed by atoms with Gasteiger partial charge in [-0.3, -0.25) is 0 Å². The molecule has 2 heterocycles. The molecule has 0 bridgehead atoms. The van der Waals surface area contributed by atoms with Crippen LogP contribution >= 0.6 is 0 Å². The number of anilines is 1. The first-order valence-corrected chi connectivity index (χ1v) is 9.20. The molecule has 25 heavy (non-hydrogen) atoms. The largest absolute Gasteiger partial charge is 0.381 e. The van der Waals surface area contributed by atoms with Crippen molar-refractivity contribution in [3.8, 4) is 0 Å². The Balaban J connectivity index is 1.49. The van der Waals surface area contributed by atoms with Crippen LogP contribution in [0.15, 0.2) is 42.7 Å². The Bertz CT molecular complexity index is 694. The predicted octanol–water partition coefficient (Wildman–Crippen LogP) is 2.84. The lowest BCUT2D eigenvalue weighted by atomic mass is 9.74. The van der Waals surface area contributed by atoms with Crippen molar-refractivity contribution in [2.75, 3.05) is 25.1 Å². The molecule has 1 aromatic carbocycles. The molecule has 5 nitrogen and oxygen atoms in total. The van der Waals surface area contributed by atoms with Gasteiger partial charge in [0.15, 0.2) is 0 Å². The smallest absolute Gasteiger partial charge is 0.129 e. The molecule has 2 fully saturated rings. The topological polar surface area (TPSA) is 73.1 Å². The fourth-order valence-corrected chi connectivity index (χ4v) is 3.98. The Morgan fingerprint density at radius 2 is 1.88 bits per heavy atom. The molecule has 2 aromatic rings. The van der Waals surface area contributed by atoms with E-state index >= 15 is 0 Å². The average molecular weight is 338 g/mol. The molecule has 2 aliphatic rings. The summed E-state index contributed by atoms with van der Waals surface area (Å²) in [5.41, 5.74) is 8.50. The molecule has 132 valence electrons. The van der Waals surface area contributed by atoms with Crippen molar-refractivity contribution in [2.24, 2.45) is 5.73 Å². The molecule has 4 rings (SSSR count). The highest BCUT2D eigenvalue weighted by Crippen LogP contribution is 2.36. The molecule has 0 spiro atoms. The van der Waals surface area contributed by atoms with Crippen molar-refractivity contribution in [3.05, 3.63) is 54.0 Å². The van der Waals surface area contributed by atoms with Gasteiger partial charge in [0.25, 0.3) is 0 Å². The maximum absolute atomic E-state index is 5.91. The quantitative estimate of drug-likeness (QED) is 0.877. The fraction of sp³-hybridized carbons (Fsp3) is 0.500. The van der Waals surface area contributed by atoms with Crippen molar-refractivity contribution in [2.45, 2.75) is 43.1 Å². The lowest BCUT2D eigenvalue weighted by Gasteiger charge is -2.38. The molecule has 0 radical (unpaired) electrons. The van der Waals surface area contributed by atoms with E-state index in [1.807, 2.05) is 0 Å². The van der Waals surface area contributed by atoms with Crippen molar-refractivity contribution in [3.63, 3.8) is 0 Å². The molecular weight excluding hydrogens is 312 g/mol. The summed E-state index contributed by atoms with van der Waals surface area (Å²) in [5, 5.41) is 3.57. The van der Waals surface area contributed by atoms with Crippen LogP contribution in [-0.4, -0.2) is 35.8 Å². The Hall–Kier alpha value is -1.98. The minimum Gasteiger partial charge on any atom is -0.381 e. The molecular formula is C20H26N4O. The third-order valence-corrected chi connectivity index (χ3v) is 5.73. The maximum atomic E-state index is 5.91. The van der Waals surface area contributed by atoms with E-state index in [2.05, 4.69) is 51.7 Å². The SMILES string of the molecule is NC1CC(c2cc(NCC3(c4ccccc4)CCOCC3)ncn2)C1. The lowest BCUT2D eigenvalue weighted by Crippen LogP contribution is -2.40.